The average molecular weight is 298 g/mol. The summed E-state index contributed by atoms with van der Waals surface area (Å²) in [6.45, 7) is 5.05. The molecule has 1 heterocycles. The third kappa shape index (κ3) is 3.14. The standard InChI is InChI=1S/C17H18N2O3/c1-11-3-5-14(12(2)9-11)19-17(20)18-13-4-6-15-16(10-13)22-8-7-21-15/h3-6,9-10H,7-8H2,1-2H3,(H2,18,19,20). The van der Waals surface area contributed by atoms with E-state index in [0.717, 1.165) is 16.8 Å². The van der Waals surface area contributed by atoms with Gasteiger partial charge in [0.15, 0.2) is 11.5 Å². The van der Waals surface area contributed by atoms with Gasteiger partial charge in [-0.2, -0.15) is 0 Å². The normalized spacial score (nSPS) is 12.6. The van der Waals surface area contributed by atoms with Gasteiger partial charge in [0.1, 0.15) is 13.2 Å². The lowest BCUT2D eigenvalue weighted by Gasteiger charge is -2.19. The van der Waals surface area contributed by atoms with Crippen molar-refractivity contribution >= 4 is 17.4 Å². The van der Waals surface area contributed by atoms with Gasteiger partial charge in [-0.05, 0) is 37.6 Å². The lowest BCUT2D eigenvalue weighted by Crippen LogP contribution is -2.20. The Morgan fingerprint density at radius 1 is 0.955 bits per heavy atom. The summed E-state index contributed by atoms with van der Waals surface area (Å²) in [6, 6.07) is 10.9. The van der Waals surface area contributed by atoms with Crippen molar-refractivity contribution in [2.75, 3.05) is 23.8 Å². The first kappa shape index (κ1) is 14.3. The SMILES string of the molecule is Cc1ccc(NC(=O)Nc2ccc3c(c2)OCCO3)c(C)c1. The summed E-state index contributed by atoms with van der Waals surface area (Å²) in [4.78, 5) is 12.1. The van der Waals surface area contributed by atoms with Gasteiger partial charge in [0, 0.05) is 17.4 Å². The molecular weight excluding hydrogens is 280 g/mol. The van der Waals surface area contributed by atoms with Crippen LogP contribution in [0.5, 0.6) is 11.5 Å². The Bertz CT molecular complexity index is 713. The molecule has 0 aromatic heterocycles. The number of hydrogen-bond acceptors (Lipinski definition) is 3. The summed E-state index contributed by atoms with van der Waals surface area (Å²) in [5, 5.41) is 5.64. The maximum atomic E-state index is 12.1. The first-order chi connectivity index (χ1) is 10.6. The van der Waals surface area contributed by atoms with Crippen LogP contribution in [0, 0.1) is 13.8 Å². The highest BCUT2D eigenvalue weighted by Gasteiger charge is 2.13. The van der Waals surface area contributed by atoms with Gasteiger partial charge in [-0.3, -0.25) is 0 Å². The third-order valence-corrected chi connectivity index (χ3v) is 3.43. The molecule has 2 N–H and O–H groups in total. The second-order valence-electron chi connectivity index (χ2n) is 5.26. The molecule has 2 aromatic rings. The Hall–Kier alpha value is -2.69. The summed E-state index contributed by atoms with van der Waals surface area (Å²) in [6.07, 6.45) is 0. The van der Waals surface area contributed by atoms with Gasteiger partial charge in [-0.25, -0.2) is 4.79 Å². The van der Waals surface area contributed by atoms with Gasteiger partial charge in [0.2, 0.25) is 0 Å². The molecule has 1 aliphatic heterocycles. The molecule has 22 heavy (non-hydrogen) atoms. The lowest BCUT2D eigenvalue weighted by molar-refractivity contribution is 0.171. The maximum Gasteiger partial charge on any atom is 0.323 e. The second-order valence-corrected chi connectivity index (χ2v) is 5.26. The van der Waals surface area contributed by atoms with Crippen molar-refractivity contribution in [2.24, 2.45) is 0 Å². The van der Waals surface area contributed by atoms with Crippen LogP contribution in [-0.4, -0.2) is 19.2 Å². The first-order valence-electron chi connectivity index (χ1n) is 7.17. The van der Waals surface area contributed by atoms with Crippen LogP contribution in [0.25, 0.3) is 0 Å². The molecule has 5 nitrogen and oxygen atoms in total. The quantitative estimate of drug-likeness (QED) is 0.888. The number of ether oxygens (including phenoxy) is 2. The monoisotopic (exact) mass is 298 g/mol. The van der Waals surface area contributed by atoms with Crippen molar-refractivity contribution in [3.05, 3.63) is 47.5 Å². The van der Waals surface area contributed by atoms with Crippen LogP contribution in [-0.2, 0) is 0 Å². The number of aryl methyl sites for hydroxylation is 2. The predicted molar refractivity (Wildman–Crippen MR) is 86.0 cm³/mol. The molecule has 1 aliphatic rings. The van der Waals surface area contributed by atoms with Crippen molar-refractivity contribution < 1.29 is 14.3 Å². The zero-order chi connectivity index (χ0) is 15.5. The summed E-state index contributed by atoms with van der Waals surface area (Å²) in [5.41, 5.74) is 3.64. The molecule has 5 heteroatoms. The Labute approximate surface area is 129 Å². The molecule has 0 spiro atoms. The molecule has 2 aromatic carbocycles. The van der Waals surface area contributed by atoms with Crippen LogP contribution in [0.1, 0.15) is 11.1 Å². The van der Waals surface area contributed by atoms with Crippen LogP contribution < -0.4 is 20.1 Å². The number of rotatable bonds is 2. The van der Waals surface area contributed by atoms with Gasteiger partial charge in [-0.15, -0.1) is 0 Å². The number of hydrogen-bond donors (Lipinski definition) is 2. The van der Waals surface area contributed by atoms with E-state index >= 15 is 0 Å². The first-order valence-corrected chi connectivity index (χ1v) is 7.17. The zero-order valence-electron chi connectivity index (χ0n) is 12.6. The highest BCUT2D eigenvalue weighted by Crippen LogP contribution is 2.32. The number of urea groups is 1. The molecule has 0 fully saturated rings. The van der Waals surface area contributed by atoms with Crippen molar-refractivity contribution in [3.63, 3.8) is 0 Å². The summed E-state index contributed by atoms with van der Waals surface area (Å²) < 4.78 is 11.0. The fourth-order valence-electron chi connectivity index (χ4n) is 2.36. The molecule has 3 rings (SSSR count). The molecule has 0 unspecified atom stereocenters. The van der Waals surface area contributed by atoms with E-state index in [1.807, 2.05) is 32.0 Å². The number of amides is 2. The predicted octanol–water partition coefficient (Wildman–Crippen LogP) is 3.72. The van der Waals surface area contributed by atoms with E-state index in [1.165, 1.54) is 0 Å². The fourth-order valence-corrected chi connectivity index (χ4v) is 2.36. The Kier molecular flexibility index (Phi) is 3.87. The number of anilines is 2. The van der Waals surface area contributed by atoms with Gasteiger partial charge >= 0.3 is 6.03 Å². The minimum absolute atomic E-state index is 0.288. The van der Waals surface area contributed by atoms with E-state index in [4.69, 9.17) is 9.47 Å². The van der Waals surface area contributed by atoms with Crippen molar-refractivity contribution in [2.45, 2.75) is 13.8 Å². The number of benzene rings is 2. The van der Waals surface area contributed by atoms with E-state index in [9.17, 15) is 4.79 Å². The van der Waals surface area contributed by atoms with Gasteiger partial charge < -0.3 is 20.1 Å². The van der Waals surface area contributed by atoms with E-state index in [1.54, 1.807) is 18.2 Å². The summed E-state index contributed by atoms with van der Waals surface area (Å²) >= 11 is 0. The minimum atomic E-state index is -0.288. The number of nitrogens with one attached hydrogen (secondary N) is 2. The van der Waals surface area contributed by atoms with Crippen LogP contribution in [0.15, 0.2) is 36.4 Å². The van der Waals surface area contributed by atoms with E-state index in [0.29, 0.717) is 30.4 Å². The Morgan fingerprint density at radius 2 is 1.73 bits per heavy atom. The van der Waals surface area contributed by atoms with Crippen molar-refractivity contribution in [1.82, 2.24) is 0 Å². The lowest BCUT2D eigenvalue weighted by atomic mass is 10.1. The largest absolute Gasteiger partial charge is 0.486 e. The summed E-state index contributed by atoms with van der Waals surface area (Å²) in [7, 11) is 0. The topological polar surface area (TPSA) is 59.6 Å². The summed E-state index contributed by atoms with van der Waals surface area (Å²) in [5.74, 6) is 1.35. The minimum Gasteiger partial charge on any atom is -0.486 e. The maximum absolute atomic E-state index is 12.1. The number of fused-ring (bicyclic) bond motifs is 1. The Balaban J connectivity index is 1.69. The molecular formula is C17H18N2O3. The average Bonchev–Trinajstić information content (AvgIpc) is 2.50. The van der Waals surface area contributed by atoms with Crippen LogP contribution in [0.3, 0.4) is 0 Å². The van der Waals surface area contributed by atoms with Gasteiger partial charge in [0.05, 0.1) is 0 Å². The number of carbonyl (C=O) groups excluding carboxylic acids is 1. The molecule has 0 aliphatic carbocycles. The van der Waals surface area contributed by atoms with Crippen LogP contribution in [0.4, 0.5) is 16.2 Å². The molecule has 0 radical (unpaired) electrons. The van der Waals surface area contributed by atoms with Gasteiger partial charge in [-0.1, -0.05) is 17.7 Å². The highest BCUT2D eigenvalue weighted by molar-refractivity contribution is 6.00. The molecule has 2 amide bonds. The van der Waals surface area contributed by atoms with Crippen LogP contribution in [0.2, 0.25) is 0 Å². The molecule has 0 saturated heterocycles. The second kappa shape index (κ2) is 5.97. The molecule has 0 atom stereocenters. The third-order valence-electron chi connectivity index (χ3n) is 3.43. The molecule has 0 bridgehead atoms. The van der Waals surface area contributed by atoms with Crippen LogP contribution >= 0.6 is 0 Å². The van der Waals surface area contributed by atoms with E-state index < -0.39 is 0 Å². The van der Waals surface area contributed by atoms with Crippen molar-refractivity contribution in [3.8, 4) is 11.5 Å². The Morgan fingerprint density at radius 3 is 2.50 bits per heavy atom. The smallest absolute Gasteiger partial charge is 0.323 e. The highest BCUT2D eigenvalue weighted by atomic mass is 16.6. The number of carbonyl (C=O) groups is 1. The molecule has 114 valence electrons. The van der Waals surface area contributed by atoms with E-state index in [-0.39, 0.29) is 6.03 Å². The molecule has 0 saturated carbocycles. The van der Waals surface area contributed by atoms with Gasteiger partial charge in [0.25, 0.3) is 0 Å². The van der Waals surface area contributed by atoms with Crippen molar-refractivity contribution in [1.29, 1.82) is 0 Å². The van der Waals surface area contributed by atoms with E-state index in [2.05, 4.69) is 10.6 Å². The fraction of sp³-hybridized carbons (Fsp3) is 0.235. The zero-order valence-corrected chi connectivity index (χ0v) is 12.6.